The number of hydrogen-bond acceptors (Lipinski definition) is 4. The Kier molecular flexibility index (Phi) is 3.17. The first-order valence-corrected chi connectivity index (χ1v) is 7.77. The average molecular weight is 307 g/mol. The van der Waals surface area contributed by atoms with E-state index in [4.69, 9.17) is 10.5 Å². The summed E-state index contributed by atoms with van der Waals surface area (Å²) < 4.78 is 26.5. The summed E-state index contributed by atoms with van der Waals surface area (Å²) in [6.45, 7) is 0. The average Bonchev–Trinajstić information content (AvgIpc) is 2.98. The predicted octanol–water partition coefficient (Wildman–Crippen LogP) is 2.62. The van der Waals surface area contributed by atoms with Gasteiger partial charge in [0.15, 0.2) is 0 Å². The third-order valence-corrected chi connectivity index (χ3v) is 5.03. The monoisotopic (exact) mass is 307 g/mol. The van der Waals surface area contributed by atoms with Crippen LogP contribution in [0.25, 0.3) is 10.9 Å². The van der Waals surface area contributed by atoms with E-state index in [9.17, 15) is 8.42 Å². The topological polar surface area (TPSA) is 86.7 Å². The van der Waals surface area contributed by atoms with Crippen molar-refractivity contribution < 1.29 is 8.42 Å². The van der Waals surface area contributed by atoms with E-state index in [2.05, 4.69) is 0 Å². The van der Waals surface area contributed by atoms with Crippen LogP contribution in [0.15, 0.2) is 59.6 Å². The second-order valence-corrected chi connectivity index (χ2v) is 6.45. The van der Waals surface area contributed by atoms with Gasteiger partial charge in [-0.05, 0) is 48.5 Å². The summed E-state index contributed by atoms with van der Waals surface area (Å²) >= 11 is 0. The smallest absolute Gasteiger partial charge is 0.241 e. The van der Waals surface area contributed by atoms with Gasteiger partial charge in [-0.3, -0.25) is 0 Å². The van der Waals surface area contributed by atoms with Gasteiger partial charge in [0.2, 0.25) is 0 Å². The van der Waals surface area contributed by atoms with Gasteiger partial charge in [-0.25, -0.2) is 12.4 Å². The predicted molar refractivity (Wildman–Crippen MR) is 80.4 cm³/mol. The molecule has 6 heteroatoms. The lowest BCUT2D eigenvalue weighted by Gasteiger charge is -2.07. The van der Waals surface area contributed by atoms with Crippen LogP contribution in [-0.4, -0.2) is 12.4 Å². The van der Waals surface area contributed by atoms with Crippen molar-refractivity contribution in [2.45, 2.75) is 4.90 Å². The Morgan fingerprint density at radius 3 is 2.14 bits per heavy atom. The number of aromatic nitrogens is 1. The van der Waals surface area contributed by atoms with Gasteiger partial charge in [-0.15, -0.1) is 0 Å². The van der Waals surface area contributed by atoms with E-state index in [0.29, 0.717) is 22.0 Å². The summed E-state index contributed by atoms with van der Waals surface area (Å²) in [7, 11) is -3.74. The molecule has 3 rings (SSSR count). The van der Waals surface area contributed by atoms with E-state index in [1.807, 2.05) is 12.1 Å². The van der Waals surface area contributed by atoms with Crippen molar-refractivity contribution >= 4 is 20.9 Å². The van der Waals surface area contributed by atoms with Crippen LogP contribution in [0.2, 0.25) is 0 Å². The van der Waals surface area contributed by atoms with Crippen LogP contribution in [0.4, 0.5) is 0 Å². The maximum atomic E-state index is 12.7. The highest BCUT2D eigenvalue weighted by Gasteiger charge is 2.18. The normalized spacial score (nSPS) is 11.0. The molecule has 0 radical (unpaired) electrons. The molecular weight excluding hydrogens is 298 g/mol. The zero-order valence-electron chi connectivity index (χ0n) is 11.3. The Labute approximate surface area is 127 Å². The standard InChI is InChI=1S/C16H9N3O2S/c17-10-12-1-4-15(5-2-12)22(20,21)19-8-7-14-9-13(11-18)3-6-16(14)19/h1-9H. The lowest BCUT2D eigenvalue weighted by atomic mass is 10.2. The van der Waals surface area contributed by atoms with Crippen LogP contribution < -0.4 is 0 Å². The highest BCUT2D eigenvalue weighted by Crippen LogP contribution is 2.23. The van der Waals surface area contributed by atoms with Crippen molar-refractivity contribution in [3.8, 4) is 12.1 Å². The first-order chi connectivity index (χ1) is 10.6. The van der Waals surface area contributed by atoms with E-state index in [0.717, 1.165) is 0 Å². The van der Waals surface area contributed by atoms with Crippen LogP contribution >= 0.6 is 0 Å². The van der Waals surface area contributed by atoms with Gasteiger partial charge >= 0.3 is 0 Å². The van der Waals surface area contributed by atoms with Crippen molar-refractivity contribution in [1.82, 2.24) is 3.97 Å². The quantitative estimate of drug-likeness (QED) is 0.728. The second kappa shape index (κ2) is 5.03. The van der Waals surface area contributed by atoms with Gasteiger partial charge in [-0.2, -0.15) is 10.5 Å². The van der Waals surface area contributed by atoms with Crippen molar-refractivity contribution in [2.24, 2.45) is 0 Å². The van der Waals surface area contributed by atoms with Crippen LogP contribution in [0.5, 0.6) is 0 Å². The highest BCUT2D eigenvalue weighted by atomic mass is 32.2. The first-order valence-electron chi connectivity index (χ1n) is 6.33. The lowest BCUT2D eigenvalue weighted by molar-refractivity contribution is 0.589. The van der Waals surface area contributed by atoms with E-state index >= 15 is 0 Å². The molecule has 1 heterocycles. The van der Waals surface area contributed by atoms with Gasteiger partial charge in [0.05, 0.1) is 33.7 Å². The van der Waals surface area contributed by atoms with Crippen molar-refractivity contribution in [1.29, 1.82) is 10.5 Å². The summed E-state index contributed by atoms with van der Waals surface area (Å²) in [5, 5.41) is 18.3. The molecule has 0 saturated carbocycles. The molecule has 0 fully saturated rings. The van der Waals surface area contributed by atoms with Crippen LogP contribution in [0.3, 0.4) is 0 Å². The largest absolute Gasteiger partial charge is 0.268 e. The van der Waals surface area contributed by atoms with E-state index in [-0.39, 0.29) is 4.90 Å². The molecule has 3 aromatic rings. The van der Waals surface area contributed by atoms with Gasteiger partial charge in [0.1, 0.15) is 0 Å². The molecule has 0 N–H and O–H groups in total. The molecule has 0 atom stereocenters. The minimum Gasteiger partial charge on any atom is -0.241 e. The van der Waals surface area contributed by atoms with Gasteiger partial charge in [0.25, 0.3) is 10.0 Å². The molecular formula is C16H9N3O2S. The van der Waals surface area contributed by atoms with E-state index in [1.165, 1.54) is 34.4 Å². The first kappa shape index (κ1) is 13.9. The number of nitrogens with zero attached hydrogens (tertiary/aromatic N) is 3. The number of hydrogen-bond donors (Lipinski definition) is 0. The SMILES string of the molecule is N#Cc1ccc(S(=O)(=O)n2ccc3cc(C#N)ccc32)cc1. The fourth-order valence-electron chi connectivity index (χ4n) is 2.21. The summed E-state index contributed by atoms with van der Waals surface area (Å²) in [4.78, 5) is 0.105. The summed E-state index contributed by atoms with van der Waals surface area (Å²) in [5.74, 6) is 0. The third kappa shape index (κ3) is 2.12. The maximum Gasteiger partial charge on any atom is 0.268 e. The van der Waals surface area contributed by atoms with E-state index in [1.54, 1.807) is 24.3 Å². The van der Waals surface area contributed by atoms with Crippen LogP contribution in [0.1, 0.15) is 11.1 Å². The maximum absolute atomic E-state index is 12.7. The number of benzene rings is 2. The molecule has 0 spiro atoms. The summed E-state index contributed by atoms with van der Waals surface area (Å²) in [5.41, 5.74) is 1.37. The highest BCUT2D eigenvalue weighted by molar-refractivity contribution is 7.90. The Morgan fingerprint density at radius 1 is 0.864 bits per heavy atom. The number of rotatable bonds is 2. The molecule has 0 aliphatic carbocycles. The summed E-state index contributed by atoms with van der Waals surface area (Å²) in [6, 6.07) is 16.2. The van der Waals surface area contributed by atoms with Crippen molar-refractivity contribution in [3.05, 3.63) is 65.9 Å². The van der Waals surface area contributed by atoms with E-state index < -0.39 is 10.0 Å². The van der Waals surface area contributed by atoms with Gasteiger partial charge in [0, 0.05) is 11.6 Å². The van der Waals surface area contributed by atoms with Crippen LogP contribution in [-0.2, 0) is 10.0 Å². The van der Waals surface area contributed by atoms with Crippen molar-refractivity contribution in [2.75, 3.05) is 0 Å². The molecule has 106 valence electrons. The fraction of sp³-hybridized carbons (Fsp3) is 0. The lowest BCUT2D eigenvalue weighted by Crippen LogP contribution is -2.11. The molecule has 0 aliphatic rings. The number of nitriles is 2. The number of fused-ring (bicyclic) bond motifs is 1. The molecule has 22 heavy (non-hydrogen) atoms. The minimum atomic E-state index is -3.74. The molecule has 0 amide bonds. The Morgan fingerprint density at radius 2 is 1.50 bits per heavy atom. The molecule has 0 unspecified atom stereocenters. The molecule has 0 bridgehead atoms. The minimum absolute atomic E-state index is 0.105. The van der Waals surface area contributed by atoms with Gasteiger partial charge < -0.3 is 0 Å². The molecule has 0 saturated heterocycles. The zero-order chi connectivity index (χ0) is 15.7. The third-order valence-electron chi connectivity index (χ3n) is 3.32. The zero-order valence-corrected chi connectivity index (χ0v) is 12.1. The Bertz CT molecular complexity index is 1050. The molecule has 5 nitrogen and oxygen atoms in total. The fourth-order valence-corrected chi connectivity index (χ4v) is 3.56. The van der Waals surface area contributed by atoms with Gasteiger partial charge in [-0.1, -0.05) is 0 Å². The Hall–Kier alpha value is -3.09. The van der Waals surface area contributed by atoms with Crippen molar-refractivity contribution in [3.63, 3.8) is 0 Å². The molecule has 2 aromatic carbocycles. The van der Waals surface area contributed by atoms with Crippen LogP contribution in [0, 0.1) is 22.7 Å². The molecule has 1 aromatic heterocycles. The second-order valence-electron chi connectivity index (χ2n) is 4.64. The molecule has 0 aliphatic heterocycles. The summed E-state index contributed by atoms with van der Waals surface area (Å²) in [6.07, 6.45) is 1.46. The Balaban J connectivity index is 2.17.